The zero-order valence-electron chi connectivity index (χ0n) is 12.2. The number of carbonyl (C=O) groups excluding carboxylic acids is 1. The van der Waals surface area contributed by atoms with E-state index in [1.54, 1.807) is 7.11 Å². The number of allylic oxidation sites excluding steroid dienone is 2. The van der Waals surface area contributed by atoms with E-state index in [0.717, 1.165) is 37.9 Å². The van der Waals surface area contributed by atoms with Gasteiger partial charge in [0.25, 0.3) is 0 Å². The van der Waals surface area contributed by atoms with Crippen molar-refractivity contribution >= 4 is 27.3 Å². The lowest BCUT2D eigenvalue weighted by Crippen LogP contribution is -2.41. The van der Waals surface area contributed by atoms with E-state index < -0.39 is 0 Å². The highest BCUT2D eigenvalue weighted by Gasteiger charge is 2.53. The molecule has 0 radical (unpaired) electrons. The molecule has 1 fully saturated rings. The predicted molar refractivity (Wildman–Crippen MR) is 86.8 cm³/mol. The molecule has 0 N–H and O–H groups in total. The summed E-state index contributed by atoms with van der Waals surface area (Å²) >= 11 is 3.80. The van der Waals surface area contributed by atoms with Crippen molar-refractivity contribution in [1.82, 2.24) is 0 Å². The lowest BCUT2D eigenvalue weighted by Gasteiger charge is -2.42. The second-order valence-corrected chi connectivity index (χ2v) is 7.88. The molecule has 0 heterocycles. The van der Waals surface area contributed by atoms with E-state index in [0.29, 0.717) is 17.6 Å². The van der Waals surface area contributed by atoms with Crippen LogP contribution in [0.15, 0.2) is 24.3 Å². The van der Waals surface area contributed by atoms with Gasteiger partial charge in [-0.15, -0.1) is 0 Å². The number of halogens is 1. The molecule has 110 valence electrons. The van der Waals surface area contributed by atoms with Crippen molar-refractivity contribution in [2.75, 3.05) is 7.11 Å². The number of rotatable bonds is 1. The van der Waals surface area contributed by atoms with Gasteiger partial charge in [0, 0.05) is 6.42 Å². The lowest BCUT2D eigenvalue weighted by molar-refractivity contribution is -0.119. The van der Waals surface area contributed by atoms with Crippen molar-refractivity contribution in [1.29, 1.82) is 0 Å². The molecule has 0 saturated heterocycles. The molecule has 3 atom stereocenters. The largest absolute Gasteiger partial charge is 0.497 e. The van der Waals surface area contributed by atoms with E-state index in [1.165, 1.54) is 16.7 Å². The van der Waals surface area contributed by atoms with Crippen molar-refractivity contribution in [2.45, 2.75) is 36.4 Å². The van der Waals surface area contributed by atoms with Gasteiger partial charge in [-0.1, -0.05) is 28.1 Å². The number of hydrogen-bond acceptors (Lipinski definition) is 2. The first-order chi connectivity index (χ1) is 10.1. The molecule has 0 spiro atoms. The molecule has 0 bridgehead atoms. The summed E-state index contributed by atoms with van der Waals surface area (Å²) in [5.74, 6) is 2.35. The van der Waals surface area contributed by atoms with Crippen LogP contribution in [0, 0.1) is 11.8 Å². The second-order valence-electron chi connectivity index (χ2n) is 6.46. The SMILES string of the molecule is COc1ccc2c(c1)CC[C@H]1C2=CC[C@@]2(Br)C(=O)CC[C@@H]12. The summed E-state index contributed by atoms with van der Waals surface area (Å²) in [6.45, 7) is 0. The normalized spacial score (nSPS) is 33.8. The second kappa shape index (κ2) is 4.70. The fourth-order valence-electron chi connectivity index (χ4n) is 4.50. The highest BCUT2D eigenvalue weighted by molar-refractivity contribution is 9.10. The number of carbonyl (C=O) groups is 1. The first-order valence-corrected chi connectivity index (χ1v) is 8.52. The molecule has 0 amide bonds. The number of Topliss-reactive ketones (excluding diaryl/α,β-unsaturated/α-hetero) is 1. The maximum Gasteiger partial charge on any atom is 0.150 e. The van der Waals surface area contributed by atoms with Crippen LogP contribution in [-0.2, 0) is 11.2 Å². The summed E-state index contributed by atoms with van der Waals surface area (Å²) in [6.07, 6.45) is 7.16. The van der Waals surface area contributed by atoms with Crippen LogP contribution >= 0.6 is 15.9 Å². The number of benzene rings is 1. The minimum absolute atomic E-state index is 0.273. The molecule has 21 heavy (non-hydrogen) atoms. The van der Waals surface area contributed by atoms with Crippen LogP contribution < -0.4 is 4.74 Å². The first kappa shape index (κ1) is 13.6. The quantitative estimate of drug-likeness (QED) is 0.713. The Morgan fingerprint density at radius 1 is 1.29 bits per heavy atom. The van der Waals surface area contributed by atoms with Crippen molar-refractivity contribution in [2.24, 2.45) is 11.8 Å². The Hall–Kier alpha value is -1.09. The number of ether oxygens (including phenoxy) is 1. The van der Waals surface area contributed by atoms with E-state index in [-0.39, 0.29) is 4.32 Å². The molecule has 4 rings (SSSR count). The van der Waals surface area contributed by atoms with Gasteiger partial charge in [0.05, 0.1) is 11.4 Å². The Labute approximate surface area is 133 Å². The minimum atomic E-state index is -0.273. The van der Waals surface area contributed by atoms with E-state index >= 15 is 0 Å². The highest BCUT2D eigenvalue weighted by Crippen LogP contribution is 2.56. The lowest BCUT2D eigenvalue weighted by atomic mass is 9.66. The third-order valence-corrected chi connectivity index (χ3v) is 6.94. The average molecular weight is 347 g/mol. The number of methoxy groups -OCH3 is 1. The third-order valence-electron chi connectivity index (χ3n) is 5.59. The number of alkyl halides is 1. The third kappa shape index (κ3) is 1.86. The maximum absolute atomic E-state index is 12.2. The van der Waals surface area contributed by atoms with Gasteiger partial charge in [0.1, 0.15) is 11.5 Å². The van der Waals surface area contributed by atoms with Gasteiger partial charge in [-0.2, -0.15) is 0 Å². The Bertz CT molecular complexity index is 649. The summed E-state index contributed by atoms with van der Waals surface area (Å²) in [4.78, 5) is 12.2. The molecule has 1 aromatic rings. The summed E-state index contributed by atoms with van der Waals surface area (Å²) < 4.78 is 5.07. The van der Waals surface area contributed by atoms with E-state index in [9.17, 15) is 4.79 Å². The zero-order chi connectivity index (χ0) is 14.6. The van der Waals surface area contributed by atoms with Gasteiger partial charge < -0.3 is 4.74 Å². The van der Waals surface area contributed by atoms with Gasteiger partial charge in [-0.05, 0) is 66.4 Å². The molecule has 2 nitrogen and oxygen atoms in total. The van der Waals surface area contributed by atoms with Gasteiger partial charge in [0.15, 0.2) is 0 Å². The predicted octanol–water partition coefficient (Wildman–Crippen LogP) is 4.16. The monoisotopic (exact) mass is 346 g/mol. The minimum Gasteiger partial charge on any atom is -0.497 e. The van der Waals surface area contributed by atoms with Crippen molar-refractivity contribution in [3.63, 3.8) is 0 Å². The van der Waals surface area contributed by atoms with Gasteiger partial charge in [0.2, 0.25) is 0 Å². The first-order valence-electron chi connectivity index (χ1n) is 7.73. The number of hydrogen-bond donors (Lipinski definition) is 0. The molecular weight excluding hydrogens is 328 g/mol. The Kier molecular flexibility index (Phi) is 3.04. The standard InChI is InChI=1S/C18H19BrO2/c1-21-12-3-5-13-11(10-12)2-4-15-14(13)8-9-18(19)16(15)6-7-17(18)20/h3,5,8,10,15-16H,2,4,6-7,9H2,1H3/t15-,16-,18-/m0/s1. The highest BCUT2D eigenvalue weighted by atomic mass is 79.9. The number of ketones is 1. The summed E-state index contributed by atoms with van der Waals surface area (Å²) in [5.41, 5.74) is 4.23. The van der Waals surface area contributed by atoms with Gasteiger partial charge in [-0.25, -0.2) is 0 Å². The van der Waals surface area contributed by atoms with E-state index in [4.69, 9.17) is 4.74 Å². The fraction of sp³-hybridized carbons (Fsp3) is 0.500. The summed E-state index contributed by atoms with van der Waals surface area (Å²) in [5, 5.41) is 0. The van der Waals surface area contributed by atoms with Gasteiger partial charge >= 0.3 is 0 Å². The Balaban J connectivity index is 1.78. The molecule has 0 aliphatic heterocycles. The zero-order valence-corrected chi connectivity index (χ0v) is 13.8. The van der Waals surface area contributed by atoms with Crippen LogP contribution in [-0.4, -0.2) is 17.2 Å². The molecule has 1 saturated carbocycles. The molecule has 0 aromatic heterocycles. The van der Waals surface area contributed by atoms with Crippen molar-refractivity contribution in [3.8, 4) is 5.75 Å². The molecule has 3 aliphatic carbocycles. The fourth-order valence-corrected chi connectivity index (χ4v) is 5.41. The van der Waals surface area contributed by atoms with Gasteiger partial charge in [-0.3, -0.25) is 4.79 Å². The van der Waals surface area contributed by atoms with E-state index in [1.807, 2.05) is 0 Å². The van der Waals surface area contributed by atoms with Crippen LogP contribution in [0.1, 0.15) is 36.8 Å². The molecule has 0 unspecified atom stereocenters. The Morgan fingerprint density at radius 2 is 2.14 bits per heavy atom. The topological polar surface area (TPSA) is 26.3 Å². The smallest absolute Gasteiger partial charge is 0.150 e. The maximum atomic E-state index is 12.2. The number of fused-ring (bicyclic) bond motifs is 5. The number of aryl methyl sites for hydroxylation is 1. The summed E-state index contributed by atoms with van der Waals surface area (Å²) in [7, 11) is 1.72. The van der Waals surface area contributed by atoms with Crippen LogP contribution in [0.2, 0.25) is 0 Å². The molecule has 1 aromatic carbocycles. The van der Waals surface area contributed by atoms with Crippen LogP contribution in [0.4, 0.5) is 0 Å². The molecule has 3 aliphatic rings. The van der Waals surface area contributed by atoms with Crippen LogP contribution in [0.25, 0.3) is 5.57 Å². The summed E-state index contributed by atoms with van der Waals surface area (Å²) in [6, 6.07) is 6.42. The Morgan fingerprint density at radius 3 is 2.95 bits per heavy atom. The molecular formula is C18H19BrO2. The van der Waals surface area contributed by atoms with E-state index in [2.05, 4.69) is 40.2 Å². The average Bonchev–Trinajstić information content (AvgIpc) is 2.82. The van der Waals surface area contributed by atoms with Crippen molar-refractivity contribution < 1.29 is 9.53 Å². The van der Waals surface area contributed by atoms with Crippen LogP contribution in [0.5, 0.6) is 5.75 Å². The van der Waals surface area contributed by atoms with Crippen LogP contribution in [0.3, 0.4) is 0 Å². The molecule has 3 heteroatoms. The van der Waals surface area contributed by atoms with Crippen molar-refractivity contribution in [3.05, 3.63) is 35.4 Å².